The second-order valence-corrected chi connectivity index (χ2v) is 7.30. The molecule has 3 rings (SSSR count). The Balaban J connectivity index is 0.00000320. The summed E-state index contributed by atoms with van der Waals surface area (Å²) < 4.78 is 12.2. The molecule has 1 saturated carbocycles. The van der Waals surface area contributed by atoms with Gasteiger partial charge in [0.25, 0.3) is 5.95 Å². The fourth-order valence-electron chi connectivity index (χ4n) is 3.49. The number of nitrogens with zero attached hydrogens (tertiary/aromatic N) is 5. The Hall–Kier alpha value is -1.87. The topological polar surface area (TPSA) is 99.4 Å². The van der Waals surface area contributed by atoms with Gasteiger partial charge in [0.15, 0.2) is 6.23 Å². The van der Waals surface area contributed by atoms with E-state index in [1.54, 1.807) is 33.0 Å². The number of aryl methyl sites for hydroxylation is 3. The molecule has 0 aliphatic heterocycles. The third-order valence-corrected chi connectivity index (χ3v) is 5.00. The van der Waals surface area contributed by atoms with E-state index < -0.39 is 18.3 Å². The first-order chi connectivity index (χ1) is 13.9. The summed E-state index contributed by atoms with van der Waals surface area (Å²) in [5.41, 5.74) is 2.04. The molecule has 1 aliphatic carbocycles. The molecular weight excluding hydrogens is 463 g/mol. The summed E-state index contributed by atoms with van der Waals surface area (Å²) in [5.74, 6) is -0.234. The van der Waals surface area contributed by atoms with Gasteiger partial charge >= 0.3 is 6.16 Å². The molecule has 1 heterocycles. The number of carbonyl (C=O) groups is 2. The molecule has 1 aromatic carbocycles. The zero-order valence-corrected chi connectivity index (χ0v) is 20.6. The van der Waals surface area contributed by atoms with Crippen LogP contribution in [0.2, 0.25) is 0 Å². The maximum absolute atomic E-state index is 13.3. The number of ether oxygens (including phenoxy) is 2. The summed E-state index contributed by atoms with van der Waals surface area (Å²) in [5, 5.41) is 11.3. The summed E-state index contributed by atoms with van der Waals surface area (Å²) in [6.07, 6.45) is 2.97. The van der Waals surface area contributed by atoms with Gasteiger partial charge < -0.3 is 9.47 Å². The van der Waals surface area contributed by atoms with Gasteiger partial charge in [-0.15, -0.1) is 0 Å². The third kappa shape index (κ3) is 5.85. The van der Waals surface area contributed by atoms with Crippen LogP contribution in [0.25, 0.3) is 0 Å². The van der Waals surface area contributed by atoms with Crippen LogP contribution in [0, 0.1) is 19.9 Å². The monoisotopic (exact) mass is 489 g/mol. The number of benzene rings is 1. The number of rotatable bonds is 5. The van der Waals surface area contributed by atoms with Crippen LogP contribution in [0.1, 0.15) is 60.5 Å². The number of hydrogen-bond acceptors (Lipinski definition) is 7. The van der Waals surface area contributed by atoms with Crippen molar-refractivity contribution in [2.24, 2.45) is 7.05 Å². The second-order valence-electron chi connectivity index (χ2n) is 7.30. The molecule has 0 saturated heterocycles. The fourth-order valence-corrected chi connectivity index (χ4v) is 3.49. The molecule has 30 heavy (non-hydrogen) atoms. The molecule has 9 nitrogen and oxygen atoms in total. The smallest absolute Gasteiger partial charge is 0.431 e. The summed E-state index contributed by atoms with van der Waals surface area (Å²) in [4.78, 5) is 26.9. The molecule has 1 atom stereocenters. The molecule has 1 unspecified atom stereocenters. The fraction of sp³-hybridized carbons (Fsp3) is 0.550. The van der Waals surface area contributed by atoms with Gasteiger partial charge in [0.2, 0.25) is 5.91 Å². The minimum atomic E-state index is -0.969. The molecule has 1 aliphatic rings. The van der Waals surface area contributed by atoms with Crippen molar-refractivity contribution in [3.05, 3.63) is 34.9 Å². The number of amides is 1. The summed E-state index contributed by atoms with van der Waals surface area (Å²) >= 11 is 0. The van der Waals surface area contributed by atoms with E-state index in [1.807, 2.05) is 6.92 Å². The van der Waals surface area contributed by atoms with Crippen LogP contribution in [-0.2, 0) is 49.2 Å². The van der Waals surface area contributed by atoms with E-state index in [2.05, 4.69) is 21.6 Å². The van der Waals surface area contributed by atoms with Crippen molar-refractivity contribution in [1.29, 1.82) is 0 Å². The number of hydrogen-bond donors (Lipinski definition) is 0. The average molecular weight is 489 g/mol. The SMILES string of the molecule is Cc1[c-]c(C)c(C(=O)N(c2nnnn2C)C(C)OC(=O)OC2CCCCC2)cc1.[Y]. The Bertz CT molecular complexity index is 882. The summed E-state index contributed by atoms with van der Waals surface area (Å²) in [6, 6.07) is 6.65. The van der Waals surface area contributed by atoms with Crippen LogP contribution in [0.15, 0.2) is 12.1 Å². The largest absolute Gasteiger partial charge is 0.510 e. The Morgan fingerprint density at radius 1 is 1.23 bits per heavy atom. The number of anilines is 1. The standard InChI is InChI=1S/C20H26N5O4.Y/c1-13-10-11-17(14(2)12-13)18(26)25(19-21-22-23-24(19)4)15(3)28-20(27)29-16-8-6-5-7-9-16;/h10-11,15-16H,5-9H2,1-4H3;/q-1;. The van der Waals surface area contributed by atoms with Crippen LogP contribution in [0.5, 0.6) is 0 Å². The van der Waals surface area contributed by atoms with Gasteiger partial charge in [-0.25, -0.2) is 14.4 Å². The van der Waals surface area contributed by atoms with E-state index in [1.165, 1.54) is 9.58 Å². The van der Waals surface area contributed by atoms with Crippen molar-refractivity contribution in [1.82, 2.24) is 20.2 Å². The van der Waals surface area contributed by atoms with Gasteiger partial charge in [-0.1, -0.05) is 30.9 Å². The number of aromatic nitrogens is 4. The second kappa shape index (κ2) is 11.0. The molecule has 1 aromatic heterocycles. The summed E-state index contributed by atoms with van der Waals surface area (Å²) in [7, 11) is 1.61. The number of tetrazole rings is 1. The van der Waals surface area contributed by atoms with Gasteiger partial charge in [0.05, 0.1) is 0 Å². The molecule has 10 heteroatoms. The zero-order valence-electron chi connectivity index (χ0n) is 17.8. The van der Waals surface area contributed by atoms with Gasteiger partial charge in [-0.3, -0.25) is 4.79 Å². The summed E-state index contributed by atoms with van der Waals surface area (Å²) in [6.45, 7) is 5.29. The molecule has 1 fully saturated rings. The third-order valence-electron chi connectivity index (χ3n) is 5.00. The van der Waals surface area contributed by atoms with Crippen LogP contribution >= 0.6 is 0 Å². The van der Waals surface area contributed by atoms with E-state index in [-0.39, 0.29) is 44.8 Å². The molecule has 0 N–H and O–H groups in total. The van der Waals surface area contributed by atoms with Gasteiger partial charge in [0.1, 0.15) is 6.10 Å². The molecule has 1 amide bonds. The molecule has 159 valence electrons. The first-order valence-corrected chi connectivity index (χ1v) is 9.79. The molecular formula is C20H26N5O4Y-. The Morgan fingerprint density at radius 3 is 2.53 bits per heavy atom. The predicted molar refractivity (Wildman–Crippen MR) is 104 cm³/mol. The maximum Gasteiger partial charge on any atom is 0.510 e. The van der Waals surface area contributed by atoms with E-state index in [0.717, 1.165) is 37.7 Å². The Morgan fingerprint density at radius 2 is 1.93 bits per heavy atom. The van der Waals surface area contributed by atoms with Crippen LogP contribution < -0.4 is 4.90 Å². The predicted octanol–water partition coefficient (Wildman–Crippen LogP) is 3.10. The quantitative estimate of drug-likeness (QED) is 0.362. The van der Waals surface area contributed by atoms with Crippen LogP contribution in [0.3, 0.4) is 0 Å². The minimum absolute atomic E-state index is 0. The van der Waals surface area contributed by atoms with Crippen molar-refractivity contribution in [3.8, 4) is 0 Å². The van der Waals surface area contributed by atoms with Crippen LogP contribution in [0.4, 0.5) is 10.7 Å². The Labute approximate surface area is 201 Å². The average Bonchev–Trinajstić information content (AvgIpc) is 3.08. The molecule has 2 aromatic rings. The molecule has 0 spiro atoms. The molecule has 1 radical (unpaired) electrons. The van der Waals surface area contributed by atoms with Crippen molar-refractivity contribution in [2.75, 3.05) is 4.90 Å². The van der Waals surface area contributed by atoms with Crippen molar-refractivity contribution < 1.29 is 51.8 Å². The van der Waals surface area contributed by atoms with Gasteiger partial charge in [0, 0.05) is 39.8 Å². The maximum atomic E-state index is 13.3. The normalized spacial score (nSPS) is 15.1. The van der Waals surface area contributed by atoms with Crippen molar-refractivity contribution >= 4 is 18.0 Å². The van der Waals surface area contributed by atoms with E-state index in [0.29, 0.717) is 11.1 Å². The van der Waals surface area contributed by atoms with Gasteiger partial charge in [-0.05, 0) is 43.0 Å². The van der Waals surface area contributed by atoms with Crippen LogP contribution in [-0.4, -0.2) is 44.6 Å². The van der Waals surface area contributed by atoms with Gasteiger partial charge in [-0.2, -0.15) is 29.3 Å². The van der Waals surface area contributed by atoms with E-state index in [4.69, 9.17) is 9.47 Å². The van der Waals surface area contributed by atoms with Crippen molar-refractivity contribution in [2.45, 2.75) is 65.2 Å². The Kier molecular flexibility index (Phi) is 8.91. The van der Waals surface area contributed by atoms with E-state index >= 15 is 0 Å². The zero-order chi connectivity index (χ0) is 21.0. The first kappa shape index (κ1) is 24.4. The minimum Gasteiger partial charge on any atom is -0.431 e. The number of carbonyl (C=O) groups excluding carboxylic acids is 2. The van der Waals surface area contributed by atoms with Crippen molar-refractivity contribution in [3.63, 3.8) is 0 Å². The molecule has 0 bridgehead atoms. The first-order valence-electron chi connectivity index (χ1n) is 9.79. The van der Waals surface area contributed by atoms with E-state index in [9.17, 15) is 9.59 Å².